The maximum absolute atomic E-state index is 13.0. The van der Waals surface area contributed by atoms with Gasteiger partial charge in [-0.2, -0.15) is 0 Å². The molecule has 1 unspecified atom stereocenters. The van der Waals surface area contributed by atoms with Crippen LogP contribution in [0.2, 0.25) is 5.02 Å². The molecule has 0 aliphatic heterocycles. The molecule has 7 rings (SSSR count). The van der Waals surface area contributed by atoms with Gasteiger partial charge in [0.2, 0.25) is 0 Å². The second-order valence-electron chi connectivity index (χ2n) is 17.1. The van der Waals surface area contributed by atoms with Crippen LogP contribution in [-0.4, -0.2) is 59.8 Å². The Kier molecular flexibility index (Phi) is 12.9. The number of carboxylic acid groups (broad SMARTS) is 1. The summed E-state index contributed by atoms with van der Waals surface area (Å²) >= 11 is 6.32. The summed E-state index contributed by atoms with van der Waals surface area (Å²) in [4.78, 5) is 20.1. The Labute approximate surface area is 339 Å². The van der Waals surface area contributed by atoms with Gasteiger partial charge in [-0.15, -0.1) is 0 Å². The fraction of sp³-hybridized carbons (Fsp3) is 0.500. The van der Waals surface area contributed by atoms with Gasteiger partial charge in [-0.1, -0.05) is 67.9 Å². The van der Waals surface area contributed by atoms with Crippen molar-refractivity contribution in [3.05, 3.63) is 118 Å². The third-order valence-electron chi connectivity index (χ3n) is 13.1. The summed E-state index contributed by atoms with van der Waals surface area (Å²) < 4.78 is 13.1. The summed E-state index contributed by atoms with van der Waals surface area (Å²) in [7, 11) is 2.20. The number of nitrogens with zero attached hydrogens (tertiary/aromatic N) is 2. The van der Waals surface area contributed by atoms with E-state index in [9.17, 15) is 9.90 Å². The molecule has 0 radical (unpaired) electrons. The Morgan fingerprint density at radius 2 is 1.82 bits per heavy atom. The number of unbranched alkanes of at least 4 members (excludes halogenated alkanes) is 1. The number of carboxylic acids is 1. The van der Waals surface area contributed by atoms with Gasteiger partial charge in [0.15, 0.2) is 0 Å². The highest BCUT2D eigenvalue weighted by Gasteiger charge is 2.54. The van der Waals surface area contributed by atoms with E-state index in [1.807, 2.05) is 36.5 Å². The molecule has 0 amide bonds. The molecule has 0 saturated heterocycles. The van der Waals surface area contributed by atoms with E-state index in [1.165, 1.54) is 40.8 Å². The van der Waals surface area contributed by atoms with Crippen molar-refractivity contribution in [1.29, 1.82) is 0 Å². The van der Waals surface area contributed by atoms with Gasteiger partial charge in [0.05, 0.1) is 13.2 Å². The normalized spacial score (nSPS) is 23.4. The van der Waals surface area contributed by atoms with Gasteiger partial charge in [-0.25, -0.2) is 4.79 Å². The van der Waals surface area contributed by atoms with Gasteiger partial charge < -0.3 is 24.8 Å². The molecule has 3 aliphatic rings. The summed E-state index contributed by atoms with van der Waals surface area (Å²) in [5.41, 5.74) is 6.15. The predicted molar refractivity (Wildman–Crippen MR) is 226 cm³/mol. The van der Waals surface area contributed by atoms with Crippen LogP contribution in [0.15, 0.2) is 85.1 Å². The smallest absolute Gasteiger partial charge is 0.329 e. The molecule has 1 spiro atoms. The van der Waals surface area contributed by atoms with Crippen molar-refractivity contribution in [2.75, 3.05) is 38.7 Å². The Morgan fingerprint density at radius 1 is 1.00 bits per heavy atom. The number of carbonyl (C=O) groups is 1. The molecule has 7 nitrogen and oxygen atoms in total. The van der Waals surface area contributed by atoms with Crippen LogP contribution in [0.25, 0.3) is 0 Å². The SMILES string of the molecule is C[C@@H](COc1ccnc2c1[C@H](C)CCC2)CC1Cc2ccc(OCCCCN(C)CCc3ccccc3)cc2C12CCC(Nc1cccc(Cl)c1)(C(=O)O)CC2. The number of aromatic nitrogens is 1. The zero-order valence-electron chi connectivity index (χ0n) is 33.6. The molecule has 1 fully saturated rings. The molecule has 4 aromatic rings. The minimum absolute atomic E-state index is 0.135. The maximum atomic E-state index is 13.0. The molecule has 3 aliphatic carbocycles. The average molecular weight is 778 g/mol. The number of aliphatic carboxylic acids is 1. The van der Waals surface area contributed by atoms with Gasteiger partial charge >= 0.3 is 5.97 Å². The number of likely N-dealkylation sites (N-methyl/N-ethyl adjacent to an activating group) is 1. The van der Waals surface area contributed by atoms with Crippen molar-refractivity contribution < 1.29 is 19.4 Å². The van der Waals surface area contributed by atoms with Crippen LogP contribution in [0.4, 0.5) is 5.69 Å². The molecule has 1 aromatic heterocycles. The number of fused-ring (bicyclic) bond motifs is 3. The molecule has 0 bridgehead atoms. The largest absolute Gasteiger partial charge is 0.494 e. The van der Waals surface area contributed by atoms with Crippen LogP contribution in [0.3, 0.4) is 0 Å². The highest BCUT2D eigenvalue weighted by molar-refractivity contribution is 6.30. The van der Waals surface area contributed by atoms with E-state index in [0.717, 1.165) is 81.6 Å². The van der Waals surface area contributed by atoms with Crippen molar-refractivity contribution in [1.82, 2.24) is 9.88 Å². The zero-order chi connectivity index (χ0) is 39.1. The van der Waals surface area contributed by atoms with Crippen molar-refractivity contribution in [2.24, 2.45) is 11.8 Å². The Morgan fingerprint density at radius 3 is 2.61 bits per heavy atom. The predicted octanol–water partition coefficient (Wildman–Crippen LogP) is 10.5. The minimum atomic E-state index is -1.06. The number of aryl methyl sites for hydroxylation is 1. The van der Waals surface area contributed by atoms with E-state index in [2.05, 4.69) is 84.6 Å². The number of pyridine rings is 1. The lowest BCUT2D eigenvalue weighted by atomic mass is 9.59. The first-order valence-electron chi connectivity index (χ1n) is 21.0. The molecular formula is C48H60ClN3O4. The van der Waals surface area contributed by atoms with Crippen LogP contribution in [-0.2, 0) is 29.5 Å². The standard InChI is InChI=1S/C48H60ClN3O4/c1-34(33-56-44-19-25-50-43-16-9-11-35(2)45(43)44)29-38-30-37-17-18-41(55-28-8-7-26-52(3)27-20-36-12-5-4-6-13-36)32-42(37)47(38)21-23-48(24-22-47,46(53)54)51-40-15-10-14-39(49)31-40/h4-6,10,12-15,17-19,25,31-32,34-35,38,51H,7-9,11,16,20-24,26-30,33H2,1-3H3,(H,53,54)/t34-,35-,38?,47?,48?/m1/s1. The highest BCUT2D eigenvalue weighted by atomic mass is 35.5. The molecule has 3 atom stereocenters. The minimum Gasteiger partial charge on any atom is -0.494 e. The average Bonchev–Trinajstić information content (AvgIpc) is 3.48. The number of hydrogen-bond donors (Lipinski definition) is 2. The van der Waals surface area contributed by atoms with Crippen LogP contribution >= 0.6 is 11.6 Å². The summed E-state index contributed by atoms with van der Waals surface area (Å²) in [5.74, 6) is 2.27. The molecule has 1 heterocycles. The summed E-state index contributed by atoms with van der Waals surface area (Å²) in [5, 5.41) is 14.7. The van der Waals surface area contributed by atoms with Crippen molar-refractivity contribution in [3.8, 4) is 11.5 Å². The molecule has 298 valence electrons. The topological polar surface area (TPSA) is 83.9 Å². The summed E-state index contributed by atoms with van der Waals surface area (Å²) in [6, 6.07) is 26.9. The second-order valence-corrected chi connectivity index (χ2v) is 17.5. The van der Waals surface area contributed by atoms with Gasteiger partial charge in [-0.05, 0) is 167 Å². The lowest BCUT2D eigenvalue weighted by Crippen LogP contribution is -2.53. The van der Waals surface area contributed by atoms with Gasteiger partial charge in [0.1, 0.15) is 17.0 Å². The lowest BCUT2D eigenvalue weighted by Gasteiger charge is -2.47. The molecule has 3 aromatic carbocycles. The lowest BCUT2D eigenvalue weighted by molar-refractivity contribution is -0.144. The van der Waals surface area contributed by atoms with Gasteiger partial charge in [0.25, 0.3) is 0 Å². The van der Waals surface area contributed by atoms with Gasteiger partial charge in [-0.3, -0.25) is 4.98 Å². The third kappa shape index (κ3) is 9.21. The maximum Gasteiger partial charge on any atom is 0.329 e. The second kappa shape index (κ2) is 18.0. The first-order valence-corrected chi connectivity index (χ1v) is 21.4. The number of rotatable bonds is 17. The number of halogens is 1. The van der Waals surface area contributed by atoms with E-state index >= 15 is 0 Å². The fourth-order valence-corrected chi connectivity index (χ4v) is 10.1. The van der Waals surface area contributed by atoms with E-state index in [0.29, 0.717) is 48.8 Å². The van der Waals surface area contributed by atoms with Crippen molar-refractivity contribution >= 4 is 23.3 Å². The van der Waals surface area contributed by atoms with E-state index in [1.54, 1.807) is 0 Å². The Bertz CT molecular complexity index is 1930. The quantitative estimate of drug-likeness (QED) is 0.103. The summed E-state index contributed by atoms with van der Waals surface area (Å²) in [6.45, 7) is 8.03. The van der Waals surface area contributed by atoms with Crippen LogP contribution in [0, 0.1) is 11.8 Å². The Balaban J connectivity index is 1.03. The number of benzene rings is 3. The van der Waals surface area contributed by atoms with E-state index in [4.69, 9.17) is 21.1 Å². The van der Waals surface area contributed by atoms with Crippen LogP contribution in [0.1, 0.15) is 106 Å². The molecule has 2 N–H and O–H groups in total. The summed E-state index contributed by atoms with van der Waals surface area (Å²) in [6.07, 6.45) is 13.0. The van der Waals surface area contributed by atoms with Crippen molar-refractivity contribution in [3.63, 3.8) is 0 Å². The molecule has 56 heavy (non-hydrogen) atoms. The first kappa shape index (κ1) is 40.1. The first-order chi connectivity index (χ1) is 27.1. The van der Waals surface area contributed by atoms with Crippen molar-refractivity contribution in [2.45, 2.75) is 108 Å². The molecule has 1 saturated carbocycles. The highest BCUT2D eigenvalue weighted by Crippen LogP contribution is 2.57. The molecule has 8 heteroatoms. The van der Waals surface area contributed by atoms with Crippen LogP contribution < -0.4 is 14.8 Å². The van der Waals surface area contributed by atoms with Crippen LogP contribution in [0.5, 0.6) is 11.5 Å². The number of nitrogens with one attached hydrogen (secondary N) is 1. The van der Waals surface area contributed by atoms with E-state index < -0.39 is 11.5 Å². The zero-order valence-corrected chi connectivity index (χ0v) is 34.3. The van der Waals surface area contributed by atoms with Gasteiger partial charge in [0, 0.05) is 34.7 Å². The Hall–Kier alpha value is -4.07. The number of ether oxygens (including phenoxy) is 2. The number of anilines is 1. The number of hydrogen-bond acceptors (Lipinski definition) is 6. The monoisotopic (exact) mass is 777 g/mol. The third-order valence-corrected chi connectivity index (χ3v) is 13.3. The fourth-order valence-electron chi connectivity index (χ4n) is 9.92. The van der Waals surface area contributed by atoms with E-state index in [-0.39, 0.29) is 5.41 Å². The molecular weight excluding hydrogens is 718 g/mol.